The number of hydrogen-bond donors (Lipinski definition) is 1. The Morgan fingerprint density at radius 1 is 1.48 bits per heavy atom. The van der Waals surface area contributed by atoms with Crippen LogP contribution in [0.3, 0.4) is 0 Å². The van der Waals surface area contributed by atoms with Gasteiger partial charge in [0.1, 0.15) is 4.90 Å². The zero-order valence-electron chi connectivity index (χ0n) is 12.0. The smallest absolute Gasteiger partial charge is 0.244 e. The summed E-state index contributed by atoms with van der Waals surface area (Å²) < 4.78 is 32.1. The van der Waals surface area contributed by atoms with Crippen LogP contribution in [-0.4, -0.2) is 44.6 Å². The molecule has 1 aliphatic rings. The average molecular weight is 334 g/mol. The molecule has 0 spiro atoms. The molecule has 0 bridgehead atoms. The molecule has 1 saturated heterocycles. The number of halogens is 1. The lowest BCUT2D eigenvalue weighted by Crippen LogP contribution is -2.41. The number of aliphatic hydroxyl groups excluding tert-OH is 1. The standard InChI is InChI=1S/C14H20ClNO4S/c1-20-10-12-3-2-6-16(8-12)21(18,19)14-7-11(9-17)4-5-13(14)15/h4-5,7,12,17H,2-3,6,8-10H2,1H3. The van der Waals surface area contributed by atoms with E-state index in [2.05, 4.69) is 0 Å². The predicted molar refractivity (Wildman–Crippen MR) is 80.7 cm³/mol. The predicted octanol–water partition coefficient (Wildman–Crippen LogP) is 1.88. The molecule has 1 unspecified atom stereocenters. The van der Waals surface area contributed by atoms with Gasteiger partial charge in [-0.1, -0.05) is 17.7 Å². The fourth-order valence-corrected chi connectivity index (χ4v) is 4.68. The van der Waals surface area contributed by atoms with Gasteiger partial charge in [0.05, 0.1) is 18.2 Å². The quantitative estimate of drug-likeness (QED) is 0.893. The second kappa shape index (κ2) is 7.07. The van der Waals surface area contributed by atoms with Crippen LogP contribution in [0.5, 0.6) is 0 Å². The first-order valence-electron chi connectivity index (χ1n) is 6.87. The molecular formula is C14H20ClNO4S. The van der Waals surface area contributed by atoms with Gasteiger partial charge in [-0.3, -0.25) is 0 Å². The lowest BCUT2D eigenvalue weighted by molar-refractivity contribution is 0.118. The van der Waals surface area contributed by atoms with Crippen molar-refractivity contribution in [1.82, 2.24) is 4.31 Å². The van der Waals surface area contributed by atoms with Crippen molar-refractivity contribution in [3.05, 3.63) is 28.8 Å². The summed E-state index contributed by atoms with van der Waals surface area (Å²) in [6.07, 6.45) is 1.77. The molecule has 7 heteroatoms. The number of aliphatic hydroxyl groups is 1. The third-order valence-electron chi connectivity index (χ3n) is 3.68. The highest BCUT2D eigenvalue weighted by molar-refractivity contribution is 7.89. The minimum atomic E-state index is -3.64. The van der Waals surface area contributed by atoms with Crippen LogP contribution in [0, 0.1) is 5.92 Å². The fraction of sp³-hybridized carbons (Fsp3) is 0.571. The number of ether oxygens (including phenoxy) is 1. The molecule has 1 aromatic carbocycles. The van der Waals surface area contributed by atoms with E-state index in [1.807, 2.05) is 0 Å². The Bertz CT molecular complexity index is 589. The molecule has 1 aliphatic heterocycles. The minimum Gasteiger partial charge on any atom is -0.392 e. The van der Waals surface area contributed by atoms with Crippen molar-refractivity contribution in [2.24, 2.45) is 5.92 Å². The maximum absolute atomic E-state index is 12.7. The fourth-order valence-electron chi connectivity index (χ4n) is 2.60. The van der Waals surface area contributed by atoms with Gasteiger partial charge in [0.15, 0.2) is 0 Å². The topological polar surface area (TPSA) is 66.8 Å². The first kappa shape index (κ1) is 16.7. The number of rotatable bonds is 5. The van der Waals surface area contributed by atoms with E-state index < -0.39 is 10.0 Å². The van der Waals surface area contributed by atoms with Gasteiger partial charge in [-0.15, -0.1) is 0 Å². The number of sulfonamides is 1. The van der Waals surface area contributed by atoms with Gasteiger partial charge in [-0.05, 0) is 36.5 Å². The maximum Gasteiger partial charge on any atom is 0.244 e. The van der Waals surface area contributed by atoms with Crippen LogP contribution in [-0.2, 0) is 21.4 Å². The SMILES string of the molecule is COCC1CCCN(S(=O)(=O)c2cc(CO)ccc2Cl)C1. The molecule has 0 saturated carbocycles. The van der Waals surface area contributed by atoms with Gasteiger partial charge in [-0.2, -0.15) is 4.31 Å². The molecule has 0 radical (unpaired) electrons. The third-order valence-corrected chi connectivity index (χ3v) is 6.03. The van der Waals surface area contributed by atoms with Crippen LogP contribution in [0.1, 0.15) is 18.4 Å². The molecule has 0 aliphatic carbocycles. The van der Waals surface area contributed by atoms with Crippen LogP contribution in [0.15, 0.2) is 23.1 Å². The van der Waals surface area contributed by atoms with E-state index in [1.54, 1.807) is 13.2 Å². The minimum absolute atomic E-state index is 0.0637. The lowest BCUT2D eigenvalue weighted by atomic mass is 10.0. The van der Waals surface area contributed by atoms with Crippen LogP contribution in [0.25, 0.3) is 0 Å². The Hall–Kier alpha value is -0.660. The molecule has 0 aromatic heterocycles. The van der Waals surface area contributed by atoms with E-state index >= 15 is 0 Å². The molecule has 1 N–H and O–H groups in total. The molecular weight excluding hydrogens is 314 g/mol. The Morgan fingerprint density at radius 3 is 2.90 bits per heavy atom. The summed E-state index contributed by atoms with van der Waals surface area (Å²) in [6, 6.07) is 4.57. The summed E-state index contributed by atoms with van der Waals surface area (Å²) in [7, 11) is -2.02. The van der Waals surface area contributed by atoms with Crippen molar-refractivity contribution in [3.8, 4) is 0 Å². The summed E-state index contributed by atoms with van der Waals surface area (Å²) >= 11 is 6.04. The number of hydrogen-bond acceptors (Lipinski definition) is 4. The van der Waals surface area contributed by atoms with E-state index in [0.717, 1.165) is 12.8 Å². The summed E-state index contributed by atoms with van der Waals surface area (Å²) in [5.41, 5.74) is 0.531. The number of methoxy groups -OCH3 is 1. The first-order valence-corrected chi connectivity index (χ1v) is 8.69. The second-order valence-corrected chi connectivity index (χ2v) is 7.56. The lowest BCUT2D eigenvalue weighted by Gasteiger charge is -2.31. The number of piperidine rings is 1. The zero-order valence-corrected chi connectivity index (χ0v) is 13.5. The summed E-state index contributed by atoms with van der Waals surface area (Å²) in [5, 5.41) is 9.35. The maximum atomic E-state index is 12.7. The highest BCUT2D eigenvalue weighted by atomic mass is 35.5. The van der Waals surface area contributed by atoms with Gasteiger partial charge in [-0.25, -0.2) is 8.42 Å². The van der Waals surface area contributed by atoms with E-state index in [0.29, 0.717) is 25.3 Å². The van der Waals surface area contributed by atoms with Crippen molar-refractivity contribution in [1.29, 1.82) is 0 Å². The highest BCUT2D eigenvalue weighted by Crippen LogP contribution is 2.29. The highest BCUT2D eigenvalue weighted by Gasteiger charge is 2.31. The number of nitrogens with zero attached hydrogens (tertiary/aromatic N) is 1. The molecule has 1 heterocycles. The average Bonchev–Trinajstić information content (AvgIpc) is 2.48. The Kier molecular flexibility index (Phi) is 5.62. The normalized spacial score (nSPS) is 20.6. The van der Waals surface area contributed by atoms with Crippen LogP contribution in [0.2, 0.25) is 5.02 Å². The molecule has 1 atom stereocenters. The monoisotopic (exact) mass is 333 g/mol. The van der Waals surface area contributed by atoms with Gasteiger partial charge in [0, 0.05) is 20.2 Å². The Morgan fingerprint density at radius 2 is 2.24 bits per heavy atom. The van der Waals surface area contributed by atoms with E-state index in [4.69, 9.17) is 16.3 Å². The van der Waals surface area contributed by atoms with Crippen molar-refractivity contribution < 1.29 is 18.3 Å². The summed E-state index contributed by atoms with van der Waals surface area (Å²) in [4.78, 5) is 0.0637. The van der Waals surface area contributed by atoms with Crippen molar-refractivity contribution in [2.75, 3.05) is 26.8 Å². The number of benzene rings is 1. The zero-order chi connectivity index (χ0) is 15.5. The molecule has 0 amide bonds. The molecule has 2 rings (SSSR count). The van der Waals surface area contributed by atoms with Crippen molar-refractivity contribution in [3.63, 3.8) is 0 Å². The van der Waals surface area contributed by atoms with Gasteiger partial charge in [0.25, 0.3) is 0 Å². The van der Waals surface area contributed by atoms with Gasteiger partial charge in [0.2, 0.25) is 10.0 Å². The van der Waals surface area contributed by atoms with Gasteiger partial charge < -0.3 is 9.84 Å². The van der Waals surface area contributed by atoms with Gasteiger partial charge >= 0.3 is 0 Å². The van der Waals surface area contributed by atoms with Crippen LogP contribution in [0.4, 0.5) is 0 Å². The van der Waals surface area contributed by atoms with Crippen molar-refractivity contribution in [2.45, 2.75) is 24.3 Å². The van der Waals surface area contributed by atoms with E-state index in [1.165, 1.54) is 16.4 Å². The molecule has 5 nitrogen and oxygen atoms in total. The second-order valence-electron chi connectivity index (χ2n) is 5.25. The van der Waals surface area contributed by atoms with Crippen molar-refractivity contribution >= 4 is 21.6 Å². The Balaban J connectivity index is 2.29. The van der Waals surface area contributed by atoms with Crippen LogP contribution >= 0.6 is 11.6 Å². The molecule has 1 fully saturated rings. The summed E-state index contributed by atoms with van der Waals surface area (Å²) in [6.45, 7) is 1.26. The Labute approximate surface area is 130 Å². The molecule has 1 aromatic rings. The molecule has 118 valence electrons. The largest absolute Gasteiger partial charge is 0.392 e. The van der Waals surface area contributed by atoms with E-state index in [-0.39, 0.29) is 22.4 Å². The molecule has 21 heavy (non-hydrogen) atoms. The summed E-state index contributed by atoms with van der Waals surface area (Å²) in [5.74, 6) is 0.207. The third kappa shape index (κ3) is 3.76. The first-order chi connectivity index (χ1) is 9.98. The van der Waals surface area contributed by atoms with Crippen LogP contribution < -0.4 is 0 Å². The van der Waals surface area contributed by atoms with E-state index in [9.17, 15) is 13.5 Å².